The third kappa shape index (κ3) is 3.14. The lowest BCUT2D eigenvalue weighted by Gasteiger charge is -2.21. The molecular formula is C12H19ClSi. The monoisotopic (exact) mass is 226 g/mol. The predicted octanol–water partition coefficient (Wildman–Crippen LogP) is 2.00. The van der Waals surface area contributed by atoms with E-state index < -0.39 is 0 Å². The zero-order chi connectivity index (χ0) is 10.8. The molecule has 0 aromatic heterocycles. The maximum absolute atomic E-state index is 5.95. The molecule has 1 aromatic rings. The van der Waals surface area contributed by atoms with Gasteiger partial charge in [-0.2, -0.15) is 0 Å². The molecule has 2 heteroatoms. The highest BCUT2D eigenvalue weighted by atomic mass is 35.5. The summed E-state index contributed by atoms with van der Waals surface area (Å²) in [6.45, 7) is 6.83. The zero-order valence-corrected chi connectivity index (χ0v) is 12.3. The molecule has 78 valence electrons. The van der Waals surface area contributed by atoms with Gasteiger partial charge in [-0.05, 0) is 23.0 Å². The molecule has 0 amide bonds. The van der Waals surface area contributed by atoms with Gasteiger partial charge in [0.15, 0.2) is 0 Å². The number of hydrogen-bond donors (Lipinski definition) is 0. The predicted molar refractivity (Wildman–Crippen MR) is 68.7 cm³/mol. The van der Waals surface area contributed by atoms with Crippen LogP contribution in [0.4, 0.5) is 0 Å². The minimum Gasteiger partial charge on any atom is -0.122 e. The van der Waals surface area contributed by atoms with Gasteiger partial charge in [-0.1, -0.05) is 44.2 Å². The minimum absolute atomic E-state index is 0.349. The van der Waals surface area contributed by atoms with Crippen molar-refractivity contribution in [2.75, 3.05) is 0 Å². The zero-order valence-electron chi connectivity index (χ0n) is 9.52. The maximum atomic E-state index is 5.95. The van der Waals surface area contributed by atoms with Crippen molar-refractivity contribution in [3.05, 3.63) is 29.3 Å². The van der Waals surface area contributed by atoms with E-state index in [1.165, 1.54) is 16.3 Å². The van der Waals surface area contributed by atoms with Gasteiger partial charge in [-0.15, -0.1) is 11.6 Å². The van der Waals surface area contributed by atoms with Crippen LogP contribution in [0.3, 0.4) is 0 Å². The van der Waals surface area contributed by atoms with Crippen LogP contribution < -0.4 is 5.19 Å². The summed E-state index contributed by atoms with van der Waals surface area (Å²) < 4.78 is 0. The Morgan fingerprint density at radius 2 is 1.93 bits per heavy atom. The van der Waals surface area contributed by atoms with E-state index in [1.807, 2.05) is 0 Å². The van der Waals surface area contributed by atoms with Gasteiger partial charge in [-0.3, -0.25) is 0 Å². The first-order valence-corrected chi connectivity index (χ1v) is 6.61. The molecule has 1 aromatic carbocycles. The average Bonchev–Trinajstić information content (AvgIpc) is 2.06. The van der Waals surface area contributed by atoms with Crippen LogP contribution >= 0.6 is 11.6 Å². The van der Waals surface area contributed by atoms with E-state index in [4.69, 9.17) is 11.6 Å². The molecule has 0 saturated carbocycles. The van der Waals surface area contributed by atoms with Crippen molar-refractivity contribution in [1.82, 2.24) is 0 Å². The van der Waals surface area contributed by atoms with Crippen molar-refractivity contribution in [2.24, 2.45) is 5.41 Å². The molecule has 0 atom stereocenters. The summed E-state index contributed by atoms with van der Waals surface area (Å²) in [5.41, 5.74) is 3.15. The summed E-state index contributed by atoms with van der Waals surface area (Å²) in [4.78, 5) is 0. The lowest BCUT2D eigenvalue weighted by Crippen LogP contribution is -2.19. The Balaban J connectivity index is 3.05. The van der Waals surface area contributed by atoms with Crippen molar-refractivity contribution < 1.29 is 0 Å². The van der Waals surface area contributed by atoms with E-state index in [9.17, 15) is 0 Å². The third-order valence-electron chi connectivity index (χ3n) is 2.36. The van der Waals surface area contributed by atoms with Gasteiger partial charge >= 0.3 is 0 Å². The minimum atomic E-state index is 0.349. The molecule has 0 N–H and O–H groups in total. The molecule has 0 aliphatic rings. The smallest absolute Gasteiger partial charge is 0.0476 e. The molecular weight excluding hydrogens is 208 g/mol. The van der Waals surface area contributed by atoms with Crippen molar-refractivity contribution in [3.63, 3.8) is 0 Å². The highest BCUT2D eigenvalue weighted by Crippen LogP contribution is 2.22. The lowest BCUT2D eigenvalue weighted by atomic mass is 9.86. The summed E-state index contributed by atoms with van der Waals surface area (Å²) in [6, 6.07) is 6.49. The van der Waals surface area contributed by atoms with Gasteiger partial charge < -0.3 is 0 Å². The highest BCUT2D eigenvalue weighted by Gasteiger charge is 2.14. The second-order valence-corrected chi connectivity index (χ2v) is 6.43. The van der Waals surface area contributed by atoms with Crippen LogP contribution in [0.5, 0.6) is 0 Å². The molecule has 0 saturated heterocycles. The van der Waals surface area contributed by atoms with E-state index in [0.717, 1.165) is 16.7 Å². The highest BCUT2D eigenvalue weighted by molar-refractivity contribution is 6.33. The van der Waals surface area contributed by atoms with E-state index in [2.05, 4.69) is 39.0 Å². The summed E-state index contributed by atoms with van der Waals surface area (Å²) in [6.07, 6.45) is 1.13. The van der Waals surface area contributed by atoms with Crippen LogP contribution in [-0.4, -0.2) is 10.2 Å². The van der Waals surface area contributed by atoms with Gasteiger partial charge in [0.2, 0.25) is 0 Å². The molecule has 0 bridgehead atoms. The van der Waals surface area contributed by atoms with E-state index in [1.54, 1.807) is 0 Å². The van der Waals surface area contributed by atoms with E-state index in [-0.39, 0.29) is 0 Å². The molecule has 0 unspecified atom stereocenters. The Hall–Kier alpha value is -0.273. The van der Waals surface area contributed by atoms with Crippen LogP contribution in [0.15, 0.2) is 18.2 Å². The van der Waals surface area contributed by atoms with Gasteiger partial charge in [0.05, 0.1) is 0 Å². The fourth-order valence-electron chi connectivity index (χ4n) is 1.67. The third-order valence-corrected chi connectivity index (χ3v) is 3.58. The Morgan fingerprint density at radius 1 is 1.29 bits per heavy atom. The summed E-state index contributed by atoms with van der Waals surface area (Å²) in [7, 11) is 1.11. The van der Waals surface area contributed by atoms with Gasteiger partial charge in [0.1, 0.15) is 0 Å². The molecule has 0 heterocycles. The van der Waals surface area contributed by atoms with E-state index >= 15 is 0 Å². The standard InChI is InChI=1S/C12H19ClSi/c1-12(2,3)7-10-9(8-13)5-4-6-11(10)14/h4-6H,7-8H2,1-3,14H3. The first-order valence-electron chi connectivity index (χ1n) is 5.07. The number of hydrogen-bond acceptors (Lipinski definition) is 0. The quantitative estimate of drug-likeness (QED) is 0.535. The van der Waals surface area contributed by atoms with Crippen molar-refractivity contribution in [1.29, 1.82) is 0 Å². The Kier molecular flexibility index (Phi) is 3.79. The first-order chi connectivity index (χ1) is 6.44. The molecule has 1 rings (SSSR count). The Labute approximate surface area is 95.1 Å². The van der Waals surface area contributed by atoms with Crippen LogP contribution in [0.1, 0.15) is 31.9 Å². The second kappa shape index (κ2) is 4.50. The number of rotatable bonds is 2. The topological polar surface area (TPSA) is 0 Å². The summed E-state index contributed by atoms with van der Waals surface area (Å²) >= 11 is 5.95. The molecule has 0 fully saturated rings. The SMILES string of the molecule is CC(C)(C)Cc1c([SiH3])cccc1CCl. The maximum Gasteiger partial charge on any atom is 0.0476 e. The van der Waals surface area contributed by atoms with Crippen LogP contribution in [0, 0.1) is 5.41 Å². The van der Waals surface area contributed by atoms with Crippen LogP contribution in [-0.2, 0) is 12.3 Å². The molecule has 0 aliphatic carbocycles. The fraction of sp³-hybridized carbons (Fsp3) is 0.500. The van der Waals surface area contributed by atoms with E-state index in [0.29, 0.717) is 11.3 Å². The summed E-state index contributed by atoms with van der Waals surface area (Å²) in [5.74, 6) is 0.640. The van der Waals surface area contributed by atoms with Crippen molar-refractivity contribution in [3.8, 4) is 0 Å². The van der Waals surface area contributed by atoms with Crippen LogP contribution in [0.2, 0.25) is 0 Å². The molecule has 0 spiro atoms. The molecule has 0 radical (unpaired) electrons. The van der Waals surface area contributed by atoms with Gasteiger partial charge in [0, 0.05) is 16.1 Å². The first kappa shape index (κ1) is 11.8. The Morgan fingerprint density at radius 3 is 2.43 bits per heavy atom. The normalized spacial score (nSPS) is 12.0. The van der Waals surface area contributed by atoms with Gasteiger partial charge in [-0.25, -0.2) is 0 Å². The Bertz CT molecular complexity index is 313. The second-order valence-electron chi connectivity index (χ2n) is 5.08. The van der Waals surface area contributed by atoms with Gasteiger partial charge in [0.25, 0.3) is 0 Å². The van der Waals surface area contributed by atoms with Crippen LogP contribution in [0.25, 0.3) is 0 Å². The number of halogens is 1. The molecule has 14 heavy (non-hydrogen) atoms. The largest absolute Gasteiger partial charge is 0.122 e. The number of alkyl halides is 1. The van der Waals surface area contributed by atoms with Crippen molar-refractivity contribution >= 4 is 27.0 Å². The molecule has 0 aliphatic heterocycles. The average molecular weight is 227 g/mol. The number of benzene rings is 1. The van der Waals surface area contributed by atoms with Crippen molar-refractivity contribution in [2.45, 2.75) is 33.1 Å². The summed E-state index contributed by atoms with van der Waals surface area (Å²) in [5, 5.41) is 1.50. The molecule has 0 nitrogen and oxygen atoms in total. The fourth-order valence-corrected chi connectivity index (χ4v) is 2.61. The lowest BCUT2D eigenvalue weighted by molar-refractivity contribution is 0.411.